The Bertz CT molecular complexity index is 2130. The fourth-order valence-electron chi connectivity index (χ4n) is 11.8. The largest absolute Gasteiger partial charge is 0.394 e. The van der Waals surface area contributed by atoms with Crippen molar-refractivity contribution in [3.63, 3.8) is 0 Å². The second-order valence-corrected chi connectivity index (χ2v) is 22.5. The molecule has 40 heteroatoms. The third kappa shape index (κ3) is 13.9. The van der Waals surface area contributed by atoms with Gasteiger partial charge < -0.3 is 198 Å². The molecule has 0 aromatic heterocycles. The summed E-state index contributed by atoms with van der Waals surface area (Å²) in [6, 6.07) is 0. The third-order valence-corrected chi connectivity index (χ3v) is 16.9. The molecule has 0 saturated carbocycles. The van der Waals surface area contributed by atoms with Gasteiger partial charge in [-0.05, 0) is 0 Å². The van der Waals surface area contributed by atoms with Gasteiger partial charge in [-0.25, -0.2) is 0 Å². The maximum absolute atomic E-state index is 11.8. The SMILES string of the molecule is OC[C@@H]1OC(OC[C@@H]2O[C@H]3O[C@@H]4[C@@H](O)[C@H](O)[C@H](O[C@@H]5[C@@H](O)[C@H](O)[C@H](O[C@@H]6[C@@H](O)[C@H](O)[C@H](O[C@@H]7[C@@H](O)[C@H](O)[C@H](O[C@@H]8[C@@H](O)[C@H](O)[C@H](O[C@@H]9[C@@H](O)[C@H](O)[C@H](O[C@@H]2[C@@H](O)[C@@H]3O)O[C@H]9CO)O[C@H]8CO)O[C@H]7CO)O[C@H]6CO)O[C@H]5CO)O[C@H]4CO)[C@H](O)[C@H](O)[C@H]1O. The van der Waals surface area contributed by atoms with Gasteiger partial charge in [-0.3, -0.25) is 0 Å². The van der Waals surface area contributed by atoms with Crippen molar-refractivity contribution in [3.8, 4) is 0 Å². The summed E-state index contributed by atoms with van der Waals surface area (Å²) in [6.07, 6.45) is -82.6. The van der Waals surface area contributed by atoms with Crippen molar-refractivity contribution in [2.45, 2.75) is 246 Å². The lowest BCUT2D eigenvalue weighted by molar-refractivity contribution is -0.399. The van der Waals surface area contributed by atoms with Gasteiger partial charge in [0.05, 0.1) is 52.9 Å². The van der Waals surface area contributed by atoms with Crippen molar-refractivity contribution >= 4 is 0 Å². The van der Waals surface area contributed by atoms with Crippen LogP contribution in [0, 0.1) is 0 Å². The summed E-state index contributed by atoms with van der Waals surface area (Å²) in [5.74, 6) is 0. The summed E-state index contributed by atoms with van der Waals surface area (Å²) in [5, 5.41) is 265. The van der Waals surface area contributed by atoms with Gasteiger partial charge >= 0.3 is 0 Å². The fourth-order valence-corrected chi connectivity index (χ4v) is 11.8. The highest BCUT2D eigenvalue weighted by Crippen LogP contribution is 2.39. The maximum atomic E-state index is 11.8. The zero-order chi connectivity index (χ0) is 64.1. The highest BCUT2D eigenvalue weighted by atomic mass is 16.8. The van der Waals surface area contributed by atoms with Gasteiger partial charge in [-0.1, -0.05) is 0 Å². The Morgan fingerprint density at radius 3 is 0.580 bits per heavy atom. The number of aliphatic hydroxyl groups is 24. The maximum Gasteiger partial charge on any atom is 0.187 e. The Hall–Kier alpha value is -1.60. The molecule has 40 nitrogen and oxygen atoms in total. The zero-order valence-electron chi connectivity index (χ0n) is 46.0. The molecular formula is C48H80O40. The molecule has 0 amide bonds. The van der Waals surface area contributed by atoms with Crippen LogP contribution in [-0.2, 0) is 75.8 Å². The van der Waals surface area contributed by atoms with Crippen molar-refractivity contribution in [2.75, 3.05) is 52.9 Å². The van der Waals surface area contributed by atoms with Crippen LogP contribution in [0.25, 0.3) is 0 Å². The third-order valence-electron chi connectivity index (χ3n) is 16.9. The van der Waals surface area contributed by atoms with E-state index in [0.717, 1.165) is 0 Å². The minimum absolute atomic E-state index is 0.919. The first-order chi connectivity index (χ1) is 41.9. The fraction of sp³-hybridized carbons (Fsp3) is 1.00. The number of ether oxygens (including phenoxy) is 16. The lowest BCUT2D eigenvalue weighted by Gasteiger charge is -2.50. The summed E-state index contributed by atoms with van der Waals surface area (Å²) in [6.45, 7) is -8.51. The molecule has 0 radical (unpaired) electrons. The summed E-state index contributed by atoms with van der Waals surface area (Å²) in [5.41, 5.74) is 0. The molecule has 0 aromatic carbocycles. The number of rotatable bonds is 10. The molecule has 14 bridgehead atoms. The molecule has 88 heavy (non-hydrogen) atoms. The number of hydrogen-bond acceptors (Lipinski definition) is 40. The van der Waals surface area contributed by atoms with E-state index in [9.17, 15) is 123 Å². The highest BCUT2D eigenvalue weighted by Gasteiger charge is 2.60. The lowest BCUT2D eigenvalue weighted by atomic mass is 9.95. The van der Waals surface area contributed by atoms with Crippen molar-refractivity contribution in [3.05, 3.63) is 0 Å². The Labute approximate surface area is 496 Å². The molecule has 512 valence electrons. The number of aliphatic hydroxyl groups excluding tert-OH is 24. The monoisotopic (exact) mass is 1300 g/mol. The predicted octanol–water partition coefficient (Wildman–Crippen LogP) is -17.4. The second kappa shape index (κ2) is 30.0. The van der Waals surface area contributed by atoms with E-state index in [1.54, 1.807) is 0 Å². The summed E-state index contributed by atoms with van der Waals surface area (Å²) in [4.78, 5) is 0. The molecule has 24 N–H and O–H groups in total. The lowest BCUT2D eigenvalue weighted by Crippen LogP contribution is -2.68. The Balaban J connectivity index is 1.02. The first-order valence-corrected chi connectivity index (χ1v) is 28.1. The topological polar surface area (TPSA) is 633 Å². The van der Waals surface area contributed by atoms with Gasteiger partial charge in [0.25, 0.3) is 0 Å². The minimum atomic E-state index is -2.35. The van der Waals surface area contributed by atoms with Gasteiger partial charge in [0.2, 0.25) is 0 Å². The van der Waals surface area contributed by atoms with E-state index in [0.29, 0.717) is 0 Å². The van der Waals surface area contributed by atoms with E-state index < -0.39 is 299 Å². The predicted molar refractivity (Wildman–Crippen MR) is 261 cm³/mol. The zero-order valence-corrected chi connectivity index (χ0v) is 46.0. The van der Waals surface area contributed by atoms with Crippen molar-refractivity contribution in [1.82, 2.24) is 0 Å². The van der Waals surface area contributed by atoms with Crippen LogP contribution in [0.15, 0.2) is 0 Å². The smallest absolute Gasteiger partial charge is 0.187 e. The molecule has 22 aliphatic heterocycles. The van der Waals surface area contributed by atoms with E-state index in [-0.39, 0.29) is 0 Å². The van der Waals surface area contributed by atoms with E-state index in [2.05, 4.69) is 0 Å². The number of hydrogen-bond donors (Lipinski definition) is 24. The standard InChI is InChI=1S/C48H80O40/c49-1-9-17(56)18(57)26(65)41(74-9)73-8-16-40-25(64)33(72)48(81-16)87-39-15(7-55)79-46(31(70)23(39)62)85-37-13(5-53)77-44(29(68)21(37)60)83-35-11(3-51)75-42(27(66)19(35)58)82-34-10(2-50)76-43(28(67)20(34)59)84-36-12(4-52)78-45(30(69)22(36)61)86-38-14(6-54)80-47(88-40)32(71)24(38)63/h9-72H,1-8H2/t9-,10-,11-,12-,13-,14-,15-,16-,17-,18+,19-,20-,21-,22-,23-,24-,25-,26+,27-,28-,29-,30-,31-,32-,33-,34-,35-,36-,37-,38-,39-,40-,41?,42-,43-,44-,45-,46-,47-,48-/m0/s1. The molecule has 22 aliphatic rings. The van der Waals surface area contributed by atoms with Crippen LogP contribution >= 0.6 is 0 Å². The molecular weight excluding hydrogens is 1220 g/mol. The molecule has 0 aromatic rings. The molecule has 22 fully saturated rings. The second-order valence-electron chi connectivity index (χ2n) is 22.5. The summed E-state index contributed by atoms with van der Waals surface area (Å²) in [7, 11) is 0. The van der Waals surface area contributed by atoms with Gasteiger partial charge in [-0.15, -0.1) is 0 Å². The van der Waals surface area contributed by atoms with Gasteiger partial charge in [0.1, 0.15) is 195 Å². The van der Waals surface area contributed by atoms with Crippen LogP contribution < -0.4 is 0 Å². The minimum Gasteiger partial charge on any atom is -0.394 e. The molecule has 22 rings (SSSR count). The van der Waals surface area contributed by atoms with E-state index in [1.165, 1.54) is 0 Å². The van der Waals surface area contributed by atoms with Crippen LogP contribution in [0.2, 0.25) is 0 Å². The molecule has 22 saturated heterocycles. The van der Waals surface area contributed by atoms with E-state index in [1.807, 2.05) is 0 Å². The molecule has 40 atom stereocenters. The average molecular weight is 1300 g/mol. The van der Waals surface area contributed by atoms with Crippen molar-refractivity contribution in [2.24, 2.45) is 0 Å². The van der Waals surface area contributed by atoms with Crippen LogP contribution in [0.5, 0.6) is 0 Å². The molecule has 1 unspecified atom stereocenters. The molecule has 0 spiro atoms. The van der Waals surface area contributed by atoms with Gasteiger partial charge in [-0.2, -0.15) is 0 Å². The van der Waals surface area contributed by atoms with Gasteiger partial charge in [0, 0.05) is 0 Å². The van der Waals surface area contributed by atoms with Crippen LogP contribution in [0.4, 0.5) is 0 Å². The quantitative estimate of drug-likeness (QED) is 0.0966. The molecule has 0 aliphatic carbocycles. The van der Waals surface area contributed by atoms with Crippen LogP contribution in [-0.4, -0.2) is 421 Å². The van der Waals surface area contributed by atoms with Crippen LogP contribution in [0.3, 0.4) is 0 Å². The Morgan fingerprint density at radius 2 is 0.375 bits per heavy atom. The Kier molecular flexibility index (Phi) is 24.1. The summed E-state index contributed by atoms with van der Waals surface area (Å²) < 4.78 is 91.6. The normalized spacial score (nSPS) is 55.2. The molecule has 22 heterocycles. The van der Waals surface area contributed by atoms with Gasteiger partial charge in [0.15, 0.2) is 50.3 Å². The summed E-state index contributed by atoms with van der Waals surface area (Å²) >= 11 is 0. The van der Waals surface area contributed by atoms with Crippen LogP contribution in [0.1, 0.15) is 0 Å². The average Bonchev–Trinajstić information content (AvgIpc) is 2.18. The van der Waals surface area contributed by atoms with E-state index >= 15 is 0 Å². The van der Waals surface area contributed by atoms with Crippen molar-refractivity contribution < 1.29 is 198 Å². The first-order valence-electron chi connectivity index (χ1n) is 28.1. The highest BCUT2D eigenvalue weighted by molar-refractivity contribution is 5.02. The first kappa shape index (κ1) is 70.7. The van der Waals surface area contributed by atoms with E-state index in [4.69, 9.17) is 75.8 Å². The Morgan fingerprint density at radius 1 is 0.182 bits per heavy atom. The van der Waals surface area contributed by atoms with Crippen molar-refractivity contribution in [1.29, 1.82) is 0 Å².